The predicted molar refractivity (Wildman–Crippen MR) is 60.1 cm³/mol. The minimum atomic E-state index is -1.21. The number of hydrogen-bond donors (Lipinski definition) is 0. The summed E-state index contributed by atoms with van der Waals surface area (Å²) in [6, 6.07) is 1.72. The quantitative estimate of drug-likeness (QED) is 0.628. The highest BCUT2D eigenvalue weighted by Crippen LogP contribution is 2.54. The van der Waals surface area contributed by atoms with Crippen molar-refractivity contribution in [3.63, 3.8) is 0 Å². The molecular formula is C10H10BrFO2S. The molecule has 0 amide bonds. The van der Waals surface area contributed by atoms with E-state index in [0.717, 1.165) is 0 Å². The number of rotatable bonds is 4. The van der Waals surface area contributed by atoms with Crippen molar-refractivity contribution < 1.29 is 13.9 Å². The zero-order valence-electron chi connectivity index (χ0n) is 7.91. The highest BCUT2D eigenvalue weighted by atomic mass is 79.9. The fraction of sp³-hybridized carbons (Fsp3) is 0.500. The summed E-state index contributed by atoms with van der Waals surface area (Å²) in [6.07, 6.45) is 1.10. The Bertz CT molecular complexity index is 350. The van der Waals surface area contributed by atoms with Crippen LogP contribution in [-0.4, -0.2) is 17.2 Å². The number of alkyl halides is 2. The summed E-state index contributed by atoms with van der Waals surface area (Å²) in [4.78, 5) is 11.3. The van der Waals surface area contributed by atoms with Crippen molar-refractivity contribution in [3.8, 4) is 0 Å². The molecule has 0 aliphatic heterocycles. The number of hydrogen-bond acceptors (Lipinski definition) is 3. The lowest BCUT2D eigenvalue weighted by molar-refractivity contribution is 0.0492. The van der Waals surface area contributed by atoms with Gasteiger partial charge in [0.15, 0.2) is 4.58 Å². The fourth-order valence-corrected chi connectivity index (χ4v) is 2.59. The van der Waals surface area contributed by atoms with E-state index in [1.807, 2.05) is 5.38 Å². The standard InChI is InChI=1S/C10H10BrFO2S/c11-10(12)5-8(10)1-3-14-9(13)7-2-4-15-6-7/h2,4,6,8H,1,3,5H2. The minimum Gasteiger partial charge on any atom is -0.462 e. The van der Waals surface area contributed by atoms with Gasteiger partial charge in [-0.25, -0.2) is 9.18 Å². The highest BCUT2D eigenvalue weighted by molar-refractivity contribution is 9.10. The van der Waals surface area contributed by atoms with Crippen molar-refractivity contribution in [2.45, 2.75) is 17.4 Å². The van der Waals surface area contributed by atoms with E-state index in [0.29, 0.717) is 18.4 Å². The van der Waals surface area contributed by atoms with Gasteiger partial charge in [0.05, 0.1) is 12.2 Å². The van der Waals surface area contributed by atoms with Gasteiger partial charge in [-0.1, -0.05) is 0 Å². The second-order valence-corrected chi connectivity index (χ2v) is 5.70. The van der Waals surface area contributed by atoms with Gasteiger partial charge in [-0.2, -0.15) is 11.3 Å². The average Bonchev–Trinajstić information content (AvgIpc) is 2.68. The molecule has 1 aromatic heterocycles. The molecule has 0 bridgehead atoms. The summed E-state index contributed by atoms with van der Waals surface area (Å²) >= 11 is 4.40. The SMILES string of the molecule is O=C(OCCC1CC1(F)Br)c1ccsc1. The van der Waals surface area contributed by atoms with Crippen LogP contribution in [-0.2, 0) is 4.74 Å². The van der Waals surface area contributed by atoms with Crippen molar-refractivity contribution in [3.05, 3.63) is 22.4 Å². The van der Waals surface area contributed by atoms with E-state index in [1.54, 1.807) is 11.4 Å². The lowest BCUT2D eigenvalue weighted by Crippen LogP contribution is -2.06. The summed E-state index contributed by atoms with van der Waals surface area (Å²) in [6.45, 7) is 0.288. The van der Waals surface area contributed by atoms with Gasteiger partial charge in [0.1, 0.15) is 0 Å². The topological polar surface area (TPSA) is 26.3 Å². The van der Waals surface area contributed by atoms with Gasteiger partial charge in [-0.15, -0.1) is 0 Å². The molecule has 2 nitrogen and oxygen atoms in total. The maximum absolute atomic E-state index is 13.0. The molecule has 1 saturated carbocycles. The molecule has 2 rings (SSSR count). The molecule has 1 aliphatic rings. The molecule has 15 heavy (non-hydrogen) atoms. The Labute approximate surface area is 99.6 Å². The Balaban J connectivity index is 1.69. The van der Waals surface area contributed by atoms with E-state index < -0.39 is 4.58 Å². The van der Waals surface area contributed by atoms with Gasteiger partial charge in [0.25, 0.3) is 0 Å². The average molecular weight is 293 g/mol. The number of ether oxygens (including phenoxy) is 1. The maximum Gasteiger partial charge on any atom is 0.338 e. The van der Waals surface area contributed by atoms with Crippen LogP contribution in [0.5, 0.6) is 0 Å². The molecule has 2 unspecified atom stereocenters. The van der Waals surface area contributed by atoms with Crippen LogP contribution in [0.3, 0.4) is 0 Å². The van der Waals surface area contributed by atoms with E-state index in [9.17, 15) is 9.18 Å². The summed E-state index contributed by atoms with van der Waals surface area (Å²) < 4.78 is 16.8. The number of esters is 1. The summed E-state index contributed by atoms with van der Waals surface area (Å²) in [5.41, 5.74) is 0.571. The van der Waals surface area contributed by atoms with Crippen LogP contribution in [0.25, 0.3) is 0 Å². The molecule has 0 spiro atoms. The van der Waals surface area contributed by atoms with Crippen LogP contribution >= 0.6 is 27.3 Å². The van der Waals surface area contributed by atoms with Crippen LogP contribution in [0.2, 0.25) is 0 Å². The van der Waals surface area contributed by atoms with Crippen LogP contribution in [0.1, 0.15) is 23.2 Å². The third-order valence-electron chi connectivity index (χ3n) is 2.41. The Morgan fingerprint density at radius 2 is 2.53 bits per heavy atom. The Hall–Kier alpha value is -0.420. The first-order valence-corrected chi connectivity index (χ1v) is 6.40. The van der Waals surface area contributed by atoms with Crippen LogP contribution in [0.15, 0.2) is 16.8 Å². The molecule has 1 fully saturated rings. The van der Waals surface area contributed by atoms with Crippen molar-refractivity contribution in [1.29, 1.82) is 0 Å². The highest BCUT2D eigenvalue weighted by Gasteiger charge is 2.52. The minimum absolute atomic E-state index is 0.00669. The number of halogens is 2. The zero-order chi connectivity index (χ0) is 10.9. The monoisotopic (exact) mass is 292 g/mol. The molecule has 0 N–H and O–H groups in total. The molecule has 82 valence electrons. The molecule has 1 heterocycles. The Morgan fingerprint density at radius 3 is 3.07 bits per heavy atom. The number of carbonyl (C=O) groups is 1. The third kappa shape index (κ3) is 2.78. The number of carbonyl (C=O) groups excluding carboxylic acids is 1. The Kier molecular flexibility index (Phi) is 3.11. The van der Waals surface area contributed by atoms with E-state index in [2.05, 4.69) is 15.9 Å². The summed E-state index contributed by atoms with van der Waals surface area (Å²) in [5.74, 6) is -0.330. The fourth-order valence-electron chi connectivity index (χ4n) is 1.34. The van der Waals surface area contributed by atoms with Crippen molar-refractivity contribution in [2.75, 3.05) is 6.61 Å². The van der Waals surface area contributed by atoms with Crippen molar-refractivity contribution in [2.24, 2.45) is 5.92 Å². The van der Waals surface area contributed by atoms with E-state index in [4.69, 9.17) is 4.74 Å². The smallest absolute Gasteiger partial charge is 0.338 e. The predicted octanol–water partition coefficient (Wildman–Crippen LogP) is 3.38. The first-order valence-electron chi connectivity index (χ1n) is 4.67. The lowest BCUT2D eigenvalue weighted by Gasteiger charge is -2.02. The molecule has 5 heteroatoms. The van der Waals surface area contributed by atoms with Crippen molar-refractivity contribution >= 4 is 33.2 Å². The second-order valence-electron chi connectivity index (χ2n) is 3.60. The summed E-state index contributed by atoms with van der Waals surface area (Å²) in [7, 11) is 0. The molecule has 1 aromatic rings. The van der Waals surface area contributed by atoms with Gasteiger partial charge in [-0.3, -0.25) is 0 Å². The molecule has 1 aliphatic carbocycles. The zero-order valence-corrected chi connectivity index (χ0v) is 10.3. The van der Waals surface area contributed by atoms with Crippen molar-refractivity contribution in [1.82, 2.24) is 0 Å². The van der Waals surface area contributed by atoms with Gasteiger partial charge in [-0.05, 0) is 40.2 Å². The van der Waals surface area contributed by atoms with Gasteiger partial charge >= 0.3 is 5.97 Å². The molecule has 0 radical (unpaired) electrons. The molecule has 2 atom stereocenters. The van der Waals surface area contributed by atoms with E-state index >= 15 is 0 Å². The van der Waals surface area contributed by atoms with Gasteiger partial charge < -0.3 is 4.74 Å². The summed E-state index contributed by atoms with van der Waals surface area (Å²) in [5, 5.41) is 3.56. The lowest BCUT2D eigenvalue weighted by atomic mass is 10.3. The van der Waals surface area contributed by atoms with E-state index in [1.165, 1.54) is 11.3 Å². The second kappa shape index (κ2) is 4.22. The van der Waals surface area contributed by atoms with Crippen LogP contribution < -0.4 is 0 Å². The molecule has 0 saturated heterocycles. The molecule has 0 aromatic carbocycles. The normalized spacial score (nSPS) is 28.8. The maximum atomic E-state index is 13.0. The molecular weight excluding hydrogens is 283 g/mol. The third-order valence-corrected chi connectivity index (χ3v) is 4.07. The van der Waals surface area contributed by atoms with E-state index in [-0.39, 0.29) is 18.5 Å². The largest absolute Gasteiger partial charge is 0.462 e. The first kappa shape index (κ1) is 11.1. The van der Waals surface area contributed by atoms with Gasteiger partial charge in [0.2, 0.25) is 0 Å². The van der Waals surface area contributed by atoms with Crippen LogP contribution in [0, 0.1) is 5.92 Å². The number of thiophene rings is 1. The van der Waals surface area contributed by atoms with Crippen LogP contribution in [0.4, 0.5) is 4.39 Å². The Morgan fingerprint density at radius 1 is 1.80 bits per heavy atom. The van der Waals surface area contributed by atoms with Gasteiger partial charge in [0, 0.05) is 11.3 Å². The first-order chi connectivity index (χ1) is 7.09.